The van der Waals surface area contributed by atoms with E-state index in [9.17, 15) is 14.7 Å². The van der Waals surface area contributed by atoms with Crippen molar-refractivity contribution in [1.82, 2.24) is 5.32 Å². The minimum atomic E-state index is -1.08. The van der Waals surface area contributed by atoms with Crippen LogP contribution in [0.3, 0.4) is 0 Å². The smallest absolute Gasteiger partial charge is 0.224 e. The van der Waals surface area contributed by atoms with Crippen molar-refractivity contribution in [2.75, 3.05) is 0 Å². The highest BCUT2D eigenvalue weighted by Crippen LogP contribution is 2.56. The Balaban J connectivity index is 1.80. The van der Waals surface area contributed by atoms with Crippen LogP contribution in [0.5, 0.6) is 0 Å². The highest BCUT2D eigenvalue weighted by atomic mass is 32.1. The van der Waals surface area contributed by atoms with Crippen LogP contribution in [-0.2, 0) is 16.1 Å². The first kappa shape index (κ1) is 15.3. The Morgan fingerprint density at radius 3 is 2.50 bits per heavy atom. The Morgan fingerprint density at radius 2 is 1.95 bits per heavy atom. The summed E-state index contributed by atoms with van der Waals surface area (Å²) in [6.45, 7) is 4.49. The number of fused-ring (bicyclic) bond motifs is 2. The van der Waals surface area contributed by atoms with Crippen LogP contribution in [0.4, 0.5) is 0 Å². The average Bonchev–Trinajstić information content (AvgIpc) is 3.17. The predicted octanol–water partition coefficient (Wildman–Crippen LogP) is 1.72. The maximum atomic E-state index is 12.6. The van der Waals surface area contributed by atoms with Crippen LogP contribution in [0.15, 0.2) is 28.7 Å². The molecular formula is C17H20NO3S-. The number of amides is 1. The normalized spacial score (nSPS) is 29.6. The van der Waals surface area contributed by atoms with E-state index in [0.717, 1.165) is 23.3 Å². The van der Waals surface area contributed by atoms with Gasteiger partial charge in [-0.2, -0.15) is 0 Å². The molecule has 1 N–H and O–H groups in total. The fourth-order valence-electron chi connectivity index (χ4n) is 4.30. The number of hydrogen-bond acceptors (Lipinski definition) is 4. The molecule has 1 aromatic heterocycles. The van der Waals surface area contributed by atoms with Crippen molar-refractivity contribution in [2.24, 2.45) is 23.7 Å². The third kappa shape index (κ3) is 2.47. The summed E-state index contributed by atoms with van der Waals surface area (Å²) in [5.41, 5.74) is 2.35. The van der Waals surface area contributed by atoms with E-state index in [1.54, 1.807) is 11.3 Å². The van der Waals surface area contributed by atoms with E-state index in [1.807, 2.05) is 31.4 Å². The quantitative estimate of drug-likeness (QED) is 0.860. The van der Waals surface area contributed by atoms with E-state index < -0.39 is 17.8 Å². The van der Waals surface area contributed by atoms with Gasteiger partial charge in [-0.25, -0.2) is 0 Å². The minimum absolute atomic E-state index is 0.0162. The molecule has 0 unspecified atom stereocenters. The first-order valence-electron chi connectivity index (χ1n) is 7.69. The number of hydrogen-bond donors (Lipinski definition) is 1. The van der Waals surface area contributed by atoms with Crippen molar-refractivity contribution in [1.29, 1.82) is 0 Å². The van der Waals surface area contributed by atoms with E-state index in [4.69, 9.17) is 0 Å². The maximum Gasteiger partial charge on any atom is 0.224 e. The van der Waals surface area contributed by atoms with Crippen molar-refractivity contribution in [3.8, 4) is 0 Å². The average molecular weight is 318 g/mol. The van der Waals surface area contributed by atoms with Gasteiger partial charge in [0.05, 0.1) is 12.5 Å². The van der Waals surface area contributed by atoms with Crippen LogP contribution < -0.4 is 10.4 Å². The standard InChI is InChI=1S/C17H21NO3S/c1-9(2)13-11-5-6-12(13)15(17(20)21)14(11)16(19)18-8-10-4-3-7-22-10/h3-4,7,11-12,14-15H,5-6,8H2,1-2H3,(H,18,19)(H,20,21)/p-1/t11-,12+,14+,15-/m0/s1. The van der Waals surface area contributed by atoms with Crippen molar-refractivity contribution >= 4 is 23.2 Å². The lowest BCUT2D eigenvalue weighted by Crippen LogP contribution is -2.45. The molecule has 2 bridgehead atoms. The zero-order chi connectivity index (χ0) is 15.9. The van der Waals surface area contributed by atoms with Gasteiger partial charge < -0.3 is 15.2 Å². The topological polar surface area (TPSA) is 69.2 Å². The maximum absolute atomic E-state index is 12.6. The number of carboxylic acid groups (broad SMARTS) is 1. The molecule has 5 heteroatoms. The Kier molecular flexibility index (Phi) is 4.08. The third-order valence-electron chi connectivity index (χ3n) is 5.01. The molecule has 0 spiro atoms. The monoisotopic (exact) mass is 318 g/mol. The van der Waals surface area contributed by atoms with Gasteiger partial charge in [-0.3, -0.25) is 4.79 Å². The van der Waals surface area contributed by atoms with E-state index in [0.29, 0.717) is 6.54 Å². The highest BCUT2D eigenvalue weighted by Gasteiger charge is 2.54. The predicted molar refractivity (Wildman–Crippen MR) is 82.7 cm³/mol. The molecule has 22 heavy (non-hydrogen) atoms. The number of carbonyl (C=O) groups excluding carboxylic acids is 2. The molecule has 0 radical (unpaired) electrons. The SMILES string of the molecule is CC(C)=C1[C@H]2CC[C@@H]1[C@@H](C(=O)NCc1cccs1)[C@H]2C(=O)[O-]. The summed E-state index contributed by atoms with van der Waals surface area (Å²) in [7, 11) is 0. The lowest BCUT2D eigenvalue weighted by molar-refractivity contribution is -0.314. The van der Waals surface area contributed by atoms with Gasteiger partial charge in [-0.15, -0.1) is 11.3 Å². The first-order valence-corrected chi connectivity index (χ1v) is 8.57. The molecule has 4 nitrogen and oxygen atoms in total. The van der Waals surface area contributed by atoms with Crippen molar-refractivity contribution in [2.45, 2.75) is 33.2 Å². The number of allylic oxidation sites excluding steroid dienone is 2. The van der Waals surface area contributed by atoms with Gasteiger partial charge in [0, 0.05) is 16.8 Å². The van der Waals surface area contributed by atoms with Gasteiger partial charge >= 0.3 is 0 Å². The molecule has 2 aliphatic rings. The number of nitrogens with one attached hydrogen (secondary N) is 1. The van der Waals surface area contributed by atoms with Crippen molar-refractivity contribution in [3.05, 3.63) is 33.5 Å². The molecular weight excluding hydrogens is 298 g/mol. The van der Waals surface area contributed by atoms with Gasteiger partial charge in [0.25, 0.3) is 0 Å². The van der Waals surface area contributed by atoms with E-state index in [-0.39, 0.29) is 17.7 Å². The van der Waals surface area contributed by atoms with Gasteiger partial charge in [0.2, 0.25) is 5.91 Å². The highest BCUT2D eigenvalue weighted by molar-refractivity contribution is 7.09. The number of rotatable bonds is 4. The van der Waals surface area contributed by atoms with Crippen LogP contribution in [0.1, 0.15) is 31.6 Å². The zero-order valence-electron chi connectivity index (χ0n) is 12.8. The van der Waals surface area contributed by atoms with Crippen LogP contribution in [0, 0.1) is 23.7 Å². The van der Waals surface area contributed by atoms with Gasteiger partial charge in [-0.05, 0) is 50.0 Å². The summed E-state index contributed by atoms with van der Waals surface area (Å²) in [6.07, 6.45) is 1.77. The third-order valence-corrected chi connectivity index (χ3v) is 5.89. The summed E-state index contributed by atoms with van der Waals surface area (Å²) in [4.78, 5) is 25.3. The van der Waals surface area contributed by atoms with Crippen LogP contribution in [0.2, 0.25) is 0 Å². The van der Waals surface area contributed by atoms with Crippen molar-refractivity contribution < 1.29 is 14.7 Å². The molecule has 3 rings (SSSR count). The number of thiophene rings is 1. The van der Waals surface area contributed by atoms with Crippen LogP contribution in [0.25, 0.3) is 0 Å². The summed E-state index contributed by atoms with van der Waals surface area (Å²) < 4.78 is 0. The molecule has 1 aromatic rings. The summed E-state index contributed by atoms with van der Waals surface area (Å²) >= 11 is 1.58. The lowest BCUT2D eigenvalue weighted by Gasteiger charge is -2.30. The second-order valence-electron chi connectivity index (χ2n) is 6.41. The molecule has 4 atom stereocenters. The zero-order valence-corrected chi connectivity index (χ0v) is 13.6. The summed E-state index contributed by atoms with van der Waals surface area (Å²) in [5, 5.41) is 16.5. The van der Waals surface area contributed by atoms with Crippen molar-refractivity contribution in [3.63, 3.8) is 0 Å². The molecule has 1 amide bonds. The number of carbonyl (C=O) groups is 2. The largest absolute Gasteiger partial charge is 0.550 e. The van der Waals surface area contributed by atoms with E-state index in [1.165, 1.54) is 5.57 Å². The molecule has 1 heterocycles. The minimum Gasteiger partial charge on any atom is -0.550 e. The molecule has 0 aliphatic heterocycles. The molecule has 2 aliphatic carbocycles. The van der Waals surface area contributed by atoms with Crippen LogP contribution in [-0.4, -0.2) is 11.9 Å². The molecule has 0 aromatic carbocycles. The lowest BCUT2D eigenvalue weighted by atomic mass is 9.79. The Labute approximate surface area is 134 Å². The van der Waals surface area contributed by atoms with Gasteiger partial charge in [0.15, 0.2) is 0 Å². The molecule has 118 valence electrons. The second kappa shape index (κ2) is 5.88. The Morgan fingerprint density at radius 1 is 1.27 bits per heavy atom. The Bertz CT molecular complexity index is 616. The van der Waals surface area contributed by atoms with E-state index in [2.05, 4.69) is 5.32 Å². The number of aliphatic carboxylic acids is 1. The molecule has 0 saturated heterocycles. The van der Waals surface area contributed by atoms with Gasteiger partial charge in [-0.1, -0.05) is 17.2 Å². The molecule has 2 fully saturated rings. The summed E-state index contributed by atoms with van der Waals surface area (Å²) in [6, 6.07) is 3.90. The van der Waals surface area contributed by atoms with E-state index >= 15 is 0 Å². The number of carboxylic acids is 1. The van der Waals surface area contributed by atoms with Gasteiger partial charge in [0.1, 0.15) is 0 Å². The second-order valence-corrected chi connectivity index (χ2v) is 7.45. The van der Waals surface area contributed by atoms with Crippen LogP contribution >= 0.6 is 11.3 Å². The summed E-state index contributed by atoms with van der Waals surface area (Å²) in [5.74, 6) is -2.32. The fraction of sp³-hybridized carbons (Fsp3) is 0.529. The molecule has 2 saturated carbocycles. The first-order chi connectivity index (χ1) is 10.5. The Hall–Kier alpha value is -1.62. The fourth-order valence-corrected chi connectivity index (χ4v) is 4.94.